The van der Waals surface area contributed by atoms with E-state index < -0.39 is 6.10 Å². The summed E-state index contributed by atoms with van der Waals surface area (Å²) in [6.07, 6.45) is 11.2. The van der Waals surface area contributed by atoms with E-state index in [1.807, 2.05) is 12.5 Å². The van der Waals surface area contributed by atoms with Crippen LogP contribution in [0.5, 0.6) is 0 Å². The van der Waals surface area contributed by atoms with Crippen molar-refractivity contribution in [1.29, 1.82) is 0 Å². The van der Waals surface area contributed by atoms with Gasteiger partial charge in [0.1, 0.15) is 0 Å². The van der Waals surface area contributed by atoms with Gasteiger partial charge in [-0.05, 0) is 43.0 Å². The van der Waals surface area contributed by atoms with Crippen molar-refractivity contribution in [2.45, 2.75) is 57.1 Å². The summed E-state index contributed by atoms with van der Waals surface area (Å²) in [6, 6.07) is 9.23. The number of aliphatic hydroxyl groups excluding tert-OH is 2. The standard InChI is InChI=1S/C27H33N5O2/c28-26-20-8-10-29-27(20)21(13-24(26)31-11-9-18(15-33)25(34)14-31)17-6-7-23-22(12-17)30-16-32(23)19-4-2-1-3-5-19/h6-7,10,12-13,16,18-19,25,33-34H,1-5,8-9,11,14-15,28H2/t18-,25+/m1/s1. The third-order valence-electron chi connectivity index (χ3n) is 8.09. The lowest BCUT2D eigenvalue weighted by Gasteiger charge is -2.37. The number of β-amino-alcohol motifs (C(OH)–C–C–N with tert-alkyl or cyclic N) is 1. The van der Waals surface area contributed by atoms with Crippen LogP contribution in [0.2, 0.25) is 0 Å². The molecule has 2 fully saturated rings. The number of hydrogen-bond donors (Lipinski definition) is 3. The number of piperidine rings is 1. The summed E-state index contributed by atoms with van der Waals surface area (Å²) in [6.45, 7) is 1.25. The Morgan fingerprint density at radius 2 is 1.94 bits per heavy atom. The van der Waals surface area contributed by atoms with Crippen LogP contribution in [0.15, 0.2) is 35.6 Å². The van der Waals surface area contributed by atoms with E-state index in [2.05, 4.69) is 33.7 Å². The molecule has 34 heavy (non-hydrogen) atoms. The zero-order valence-electron chi connectivity index (χ0n) is 19.5. The number of imidazole rings is 1. The minimum absolute atomic E-state index is 0.0152. The molecule has 6 rings (SSSR count). The summed E-state index contributed by atoms with van der Waals surface area (Å²) >= 11 is 0. The minimum Gasteiger partial charge on any atom is -0.397 e. The molecule has 3 aliphatic rings. The first kappa shape index (κ1) is 21.6. The van der Waals surface area contributed by atoms with E-state index in [-0.39, 0.29) is 12.5 Å². The summed E-state index contributed by atoms with van der Waals surface area (Å²) in [5, 5.41) is 20.1. The average molecular weight is 460 g/mol. The van der Waals surface area contributed by atoms with Crippen molar-refractivity contribution in [2.75, 3.05) is 30.3 Å². The van der Waals surface area contributed by atoms with Gasteiger partial charge in [-0.2, -0.15) is 0 Å². The summed E-state index contributed by atoms with van der Waals surface area (Å²) in [7, 11) is 0. The lowest BCUT2D eigenvalue weighted by atomic mass is 9.92. The molecule has 0 bridgehead atoms. The second kappa shape index (κ2) is 8.71. The second-order valence-electron chi connectivity index (χ2n) is 10.1. The topological polar surface area (TPSA) is 99.9 Å². The maximum absolute atomic E-state index is 10.5. The number of hydrogen-bond acceptors (Lipinski definition) is 6. The Hall–Kier alpha value is -2.90. The quantitative estimate of drug-likeness (QED) is 0.507. The predicted molar refractivity (Wildman–Crippen MR) is 137 cm³/mol. The number of benzene rings is 2. The first-order valence-electron chi connectivity index (χ1n) is 12.6. The van der Waals surface area contributed by atoms with Crippen LogP contribution in [0.3, 0.4) is 0 Å². The van der Waals surface area contributed by atoms with Gasteiger partial charge in [0.25, 0.3) is 0 Å². The van der Waals surface area contributed by atoms with Crippen LogP contribution in [0.1, 0.15) is 50.1 Å². The van der Waals surface area contributed by atoms with Gasteiger partial charge in [-0.25, -0.2) is 4.98 Å². The molecule has 1 saturated carbocycles. The fourth-order valence-electron chi connectivity index (χ4n) is 6.05. The van der Waals surface area contributed by atoms with Crippen molar-refractivity contribution < 1.29 is 10.2 Å². The van der Waals surface area contributed by atoms with Crippen molar-refractivity contribution in [2.24, 2.45) is 10.9 Å². The van der Waals surface area contributed by atoms with E-state index in [9.17, 15) is 10.2 Å². The fourth-order valence-corrected chi connectivity index (χ4v) is 6.05. The van der Waals surface area contributed by atoms with Gasteiger partial charge in [-0.15, -0.1) is 0 Å². The van der Waals surface area contributed by atoms with Crippen LogP contribution in [0.4, 0.5) is 17.1 Å². The average Bonchev–Trinajstić information content (AvgIpc) is 3.52. The third-order valence-corrected chi connectivity index (χ3v) is 8.09. The number of nitrogen functional groups attached to an aromatic ring is 1. The summed E-state index contributed by atoms with van der Waals surface area (Å²) in [5.41, 5.74) is 14.7. The Morgan fingerprint density at radius 3 is 2.74 bits per heavy atom. The van der Waals surface area contributed by atoms with E-state index in [0.717, 1.165) is 58.7 Å². The second-order valence-corrected chi connectivity index (χ2v) is 10.1. The number of fused-ring (bicyclic) bond motifs is 2. The maximum Gasteiger partial charge on any atom is 0.0960 e. The highest BCUT2D eigenvalue weighted by atomic mass is 16.3. The Kier molecular flexibility index (Phi) is 5.54. The SMILES string of the molecule is Nc1c(N2CC[C@H](CO)[C@@H](O)C2)cc(-c2ccc3c(c2)ncn3C2CCCCC2)c2c1CC=N2. The number of anilines is 2. The predicted octanol–water partition coefficient (Wildman–Crippen LogP) is 4.23. The number of aromatic nitrogens is 2. The van der Waals surface area contributed by atoms with Crippen molar-refractivity contribution in [3.05, 3.63) is 36.2 Å². The van der Waals surface area contributed by atoms with Gasteiger partial charge >= 0.3 is 0 Å². The normalized spacial score (nSPS) is 23.1. The van der Waals surface area contributed by atoms with Gasteiger partial charge in [-0.1, -0.05) is 25.3 Å². The Bertz CT molecular complexity index is 1240. The third kappa shape index (κ3) is 3.58. The maximum atomic E-state index is 10.5. The summed E-state index contributed by atoms with van der Waals surface area (Å²) in [4.78, 5) is 11.6. The number of nitrogens with two attached hydrogens (primary N) is 1. The van der Waals surface area contributed by atoms with Crippen molar-refractivity contribution in [3.63, 3.8) is 0 Å². The van der Waals surface area contributed by atoms with Gasteiger partial charge in [-0.3, -0.25) is 4.99 Å². The van der Waals surface area contributed by atoms with Crippen LogP contribution in [-0.4, -0.2) is 51.8 Å². The van der Waals surface area contributed by atoms with E-state index in [0.29, 0.717) is 12.6 Å². The molecular formula is C27H33N5O2. The number of aliphatic imine (C=N–C) groups is 1. The molecule has 178 valence electrons. The van der Waals surface area contributed by atoms with Gasteiger partial charge in [0.05, 0.1) is 40.5 Å². The molecule has 0 radical (unpaired) electrons. The van der Waals surface area contributed by atoms with Gasteiger partial charge in [0.15, 0.2) is 0 Å². The number of aliphatic hydroxyl groups is 2. The molecule has 0 unspecified atom stereocenters. The molecule has 0 spiro atoms. The Labute approximate surface area is 199 Å². The molecule has 3 aromatic rings. The molecule has 1 aromatic heterocycles. The zero-order chi connectivity index (χ0) is 23.2. The number of nitrogens with zero attached hydrogens (tertiary/aromatic N) is 4. The monoisotopic (exact) mass is 459 g/mol. The van der Waals surface area contributed by atoms with Crippen LogP contribution in [0.25, 0.3) is 22.2 Å². The van der Waals surface area contributed by atoms with Crippen molar-refractivity contribution in [1.82, 2.24) is 9.55 Å². The van der Waals surface area contributed by atoms with Crippen molar-refractivity contribution >= 4 is 34.3 Å². The highest BCUT2D eigenvalue weighted by molar-refractivity contribution is 5.97. The lowest BCUT2D eigenvalue weighted by Crippen LogP contribution is -2.45. The smallest absolute Gasteiger partial charge is 0.0960 e. The van der Waals surface area contributed by atoms with E-state index in [1.165, 1.54) is 37.6 Å². The largest absolute Gasteiger partial charge is 0.397 e. The lowest BCUT2D eigenvalue weighted by molar-refractivity contribution is 0.0548. The van der Waals surface area contributed by atoms with Crippen LogP contribution < -0.4 is 10.6 Å². The van der Waals surface area contributed by atoms with E-state index >= 15 is 0 Å². The molecule has 0 amide bonds. The zero-order valence-corrected chi connectivity index (χ0v) is 19.5. The molecule has 2 atom stereocenters. The van der Waals surface area contributed by atoms with Crippen LogP contribution >= 0.6 is 0 Å². The molecular weight excluding hydrogens is 426 g/mol. The highest BCUT2D eigenvalue weighted by Gasteiger charge is 2.30. The first-order chi connectivity index (χ1) is 16.6. The summed E-state index contributed by atoms with van der Waals surface area (Å²) < 4.78 is 2.36. The molecule has 7 nitrogen and oxygen atoms in total. The fraction of sp³-hybridized carbons (Fsp3) is 0.481. The minimum atomic E-state index is -0.564. The van der Waals surface area contributed by atoms with Crippen molar-refractivity contribution in [3.8, 4) is 11.1 Å². The molecule has 3 heterocycles. The van der Waals surface area contributed by atoms with Gasteiger partial charge < -0.3 is 25.4 Å². The first-order valence-corrected chi connectivity index (χ1v) is 12.6. The van der Waals surface area contributed by atoms with Gasteiger partial charge in [0, 0.05) is 55.4 Å². The molecule has 7 heteroatoms. The summed E-state index contributed by atoms with van der Waals surface area (Å²) in [5.74, 6) is -0.0728. The van der Waals surface area contributed by atoms with Gasteiger partial charge in [0.2, 0.25) is 0 Å². The van der Waals surface area contributed by atoms with E-state index in [4.69, 9.17) is 15.7 Å². The molecule has 2 aromatic carbocycles. The Balaban J connectivity index is 1.39. The Morgan fingerprint density at radius 1 is 1.09 bits per heavy atom. The number of rotatable bonds is 4. The molecule has 1 aliphatic carbocycles. The molecule has 4 N–H and O–H groups in total. The molecule has 1 saturated heterocycles. The molecule has 2 aliphatic heterocycles. The highest BCUT2D eigenvalue weighted by Crippen LogP contribution is 2.45. The van der Waals surface area contributed by atoms with Crippen LogP contribution in [0, 0.1) is 5.92 Å². The van der Waals surface area contributed by atoms with E-state index in [1.54, 1.807) is 0 Å². The van der Waals surface area contributed by atoms with Crippen LogP contribution in [-0.2, 0) is 6.42 Å².